The smallest absolute Gasteiger partial charge is 0.288 e. The second-order valence-corrected chi connectivity index (χ2v) is 7.99. The van der Waals surface area contributed by atoms with E-state index in [-0.39, 0.29) is 5.91 Å². The van der Waals surface area contributed by atoms with Gasteiger partial charge in [0.25, 0.3) is 11.7 Å². The molecule has 0 aliphatic carbocycles. The number of alkyl halides is 2. The first-order valence-corrected chi connectivity index (χ1v) is 10.1. The number of H-pyrrole nitrogens is 1. The van der Waals surface area contributed by atoms with Crippen LogP contribution >= 0.6 is 35.3 Å². The molecule has 3 rings (SSSR count). The van der Waals surface area contributed by atoms with E-state index in [9.17, 15) is 13.6 Å². The number of rotatable bonds is 7. The van der Waals surface area contributed by atoms with Gasteiger partial charge in [-0.1, -0.05) is 29.2 Å². The Morgan fingerprint density at radius 1 is 1.46 bits per heavy atom. The van der Waals surface area contributed by atoms with Gasteiger partial charge in [0.1, 0.15) is 0 Å². The fourth-order valence-electron chi connectivity index (χ4n) is 2.40. The SMILES string of the molecule is C=CCn1c(-c2sc(NC(=O)c3ccc(SC(F)F)cc3)nc2C)n[nH]c1=S. The highest BCUT2D eigenvalue weighted by Crippen LogP contribution is 2.32. The molecule has 0 atom stereocenters. The number of thioether (sulfide) groups is 1. The molecule has 146 valence electrons. The van der Waals surface area contributed by atoms with Crippen molar-refractivity contribution >= 4 is 46.4 Å². The van der Waals surface area contributed by atoms with Crippen LogP contribution < -0.4 is 5.32 Å². The molecule has 6 nitrogen and oxygen atoms in total. The number of benzene rings is 1. The molecule has 11 heteroatoms. The first kappa shape index (κ1) is 20.4. The van der Waals surface area contributed by atoms with Gasteiger partial charge in [-0.05, 0) is 43.4 Å². The number of hydrogen-bond acceptors (Lipinski definition) is 6. The Morgan fingerprint density at radius 2 is 2.18 bits per heavy atom. The number of amides is 1. The highest BCUT2D eigenvalue weighted by Gasteiger charge is 2.17. The van der Waals surface area contributed by atoms with Crippen LogP contribution in [0.3, 0.4) is 0 Å². The van der Waals surface area contributed by atoms with Gasteiger partial charge in [0.05, 0.1) is 10.6 Å². The van der Waals surface area contributed by atoms with Gasteiger partial charge in [0.15, 0.2) is 15.7 Å². The van der Waals surface area contributed by atoms with Crippen LogP contribution in [-0.4, -0.2) is 31.4 Å². The average Bonchev–Trinajstić information content (AvgIpc) is 3.18. The monoisotopic (exact) mass is 439 g/mol. The van der Waals surface area contributed by atoms with Gasteiger partial charge in [-0.2, -0.15) is 13.9 Å². The highest BCUT2D eigenvalue weighted by molar-refractivity contribution is 7.99. The van der Waals surface area contributed by atoms with Crippen molar-refractivity contribution < 1.29 is 13.6 Å². The van der Waals surface area contributed by atoms with Crippen molar-refractivity contribution in [3.05, 3.63) is 52.9 Å². The minimum atomic E-state index is -2.50. The van der Waals surface area contributed by atoms with Crippen LogP contribution in [0.5, 0.6) is 0 Å². The molecule has 0 saturated carbocycles. The van der Waals surface area contributed by atoms with Crippen LogP contribution in [0.2, 0.25) is 0 Å². The van der Waals surface area contributed by atoms with Crippen molar-refractivity contribution in [1.82, 2.24) is 19.7 Å². The molecule has 28 heavy (non-hydrogen) atoms. The van der Waals surface area contributed by atoms with Crippen LogP contribution in [0.1, 0.15) is 16.1 Å². The molecule has 2 heterocycles. The first-order chi connectivity index (χ1) is 13.4. The van der Waals surface area contributed by atoms with Gasteiger partial charge in [-0.25, -0.2) is 4.98 Å². The molecule has 0 bridgehead atoms. The van der Waals surface area contributed by atoms with E-state index in [1.54, 1.807) is 10.6 Å². The van der Waals surface area contributed by atoms with Crippen LogP contribution in [0.25, 0.3) is 10.7 Å². The predicted molar refractivity (Wildman–Crippen MR) is 110 cm³/mol. The zero-order valence-electron chi connectivity index (χ0n) is 14.6. The number of aromatic nitrogens is 4. The highest BCUT2D eigenvalue weighted by atomic mass is 32.2. The Hall–Kier alpha value is -2.37. The maximum atomic E-state index is 12.4. The standard InChI is InChI=1S/C17H15F2N5OS3/c1-3-8-24-13(22-23-17(24)26)12-9(2)20-16(28-12)21-14(25)10-4-6-11(7-5-10)27-15(18)19/h3-7,15H,1,8H2,2H3,(H,23,26)(H,20,21,25). The van der Waals surface area contributed by atoms with Crippen LogP contribution in [0.15, 0.2) is 41.8 Å². The molecule has 2 N–H and O–H groups in total. The second-order valence-electron chi connectivity index (χ2n) is 5.54. The maximum absolute atomic E-state index is 12.4. The molecule has 1 amide bonds. The van der Waals surface area contributed by atoms with Crippen molar-refractivity contribution in [2.24, 2.45) is 0 Å². The Balaban J connectivity index is 1.79. The lowest BCUT2D eigenvalue weighted by Crippen LogP contribution is -2.11. The Bertz CT molecular complexity index is 1060. The van der Waals surface area contributed by atoms with E-state index in [0.29, 0.717) is 50.2 Å². The molecular formula is C17H15F2N5OS3. The summed E-state index contributed by atoms with van der Waals surface area (Å²) in [5.41, 5.74) is 1.05. The molecule has 0 aliphatic heterocycles. The normalized spacial score (nSPS) is 11.0. The number of aryl methyl sites for hydroxylation is 1. The minimum absolute atomic E-state index is 0.349. The fraction of sp³-hybridized carbons (Fsp3) is 0.176. The zero-order valence-corrected chi connectivity index (χ0v) is 17.1. The lowest BCUT2D eigenvalue weighted by Gasteiger charge is -2.04. The summed E-state index contributed by atoms with van der Waals surface area (Å²) < 4.78 is 27.0. The number of carbonyl (C=O) groups is 1. The summed E-state index contributed by atoms with van der Waals surface area (Å²) in [5, 5.41) is 10.1. The van der Waals surface area contributed by atoms with Gasteiger partial charge in [-0.3, -0.25) is 19.8 Å². The van der Waals surface area contributed by atoms with Crippen LogP contribution in [0, 0.1) is 11.7 Å². The second kappa shape index (κ2) is 8.76. The third kappa shape index (κ3) is 4.54. The third-order valence-corrected chi connectivity index (χ3v) is 5.73. The summed E-state index contributed by atoms with van der Waals surface area (Å²) in [5.74, 6) is -2.26. The number of thiazole rings is 1. The number of halogens is 2. The van der Waals surface area contributed by atoms with Gasteiger partial charge in [0, 0.05) is 17.0 Å². The molecule has 0 spiro atoms. The quantitative estimate of drug-likeness (QED) is 0.303. The van der Waals surface area contributed by atoms with Crippen molar-refractivity contribution in [3.8, 4) is 10.7 Å². The fourth-order valence-corrected chi connectivity index (χ4v) is 4.07. The minimum Gasteiger partial charge on any atom is -0.298 e. The molecular weight excluding hydrogens is 424 g/mol. The summed E-state index contributed by atoms with van der Waals surface area (Å²) in [4.78, 5) is 18.0. The lowest BCUT2D eigenvalue weighted by molar-refractivity contribution is 0.102. The number of nitrogens with one attached hydrogen (secondary N) is 2. The van der Waals surface area contributed by atoms with E-state index in [4.69, 9.17) is 12.2 Å². The number of anilines is 1. The lowest BCUT2D eigenvalue weighted by atomic mass is 10.2. The van der Waals surface area contributed by atoms with Crippen molar-refractivity contribution in [3.63, 3.8) is 0 Å². The number of nitrogens with zero attached hydrogens (tertiary/aromatic N) is 3. The Kier molecular flexibility index (Phi) is 6.37. The molecule has 1 aromatic carbocycles. The van der Waals surface area contributed by atoms with Gasteiger partial charge >= 0.3 is 0 Å². The summed E-state index contributed by atoms with van der Waals surface area (Å²) >= 11 is 6.92. The first-order valence-electron chi connectivity index (χ1n) is 7.99. The van der Waals surface area contributed by atoms with E-state index in [0.717, 1.165) is 4.88 Å². The Morgan fingerprint density at radius 3 is 2.82 bits per heavy atom. The van der Waals surface area contributed by atoms with Crippen molar-refractivity contribution in [2.75, 3.05) is 5.32 Å². The van der Waals surface area contributed by atoms with E-state index in [1.807, 2.05) is 6.92 Å². The number of carbonyl (C=O) groups excluding carboxylic acids is 1. The Labute approximate surface area is 172 Å². The van der Waals surface area contributed by atoms with Crippen LogP contribution in [0.4, 0.5) is 13.9 Å². The third-order valence-electron chi connectivity index (χ3n) is 3.63. The van der Waals surface area contributed by atoms with E-state index in [2.05, 4.69) is 27.1 Å². The predicted octanol–water partition coefficient (Wildman–Crippen LogP) is 5.13. The maximum Gasteiger partial charge on any atom is 0.288 e. The summed E-state index contributed by atoms with van der Waals surface area (Å²) in [6, 6.07) is 5.96. The topological polar surface area (TPSA) is 75.6 Å². The summed E-state index contributed by atoms with van der Waals surface area (Å²) in [6.07, 6.45) is 1.71. The van der Waals surface area contributed by atoms with E-state index < -0.39 is 5.76 Å². The molecule has 0 radical (unpaired) electrons. The van der Waals surface area contributed by atoms with E-state index >= 15 is 0 Å². The molecule has 0 fully saturated rings. The van der Waals surface area contributed by atoms with Crippen molar-refractivity contribution in [1.29, 1.82) is 0 Å². The zero-order chi connectivity index (χ0) is 20.3. The summed E-state index contributed by atoms with van der Waals surface area (Å²) in [7, 11) is 0. The molecule has 3 aromatic rings. The molecule has 0 unspecified atom stereocenters. The summed E-state index contributed by atoms with van der Waals surface area (Å²) in [6.45, 7) is 6.02. The largest absolute Gasteiger partial charge is 0.298 e. The van der Waals surface area contributed by atoms with E-state index in [1.165, 1.54) is 35.6 Å². The number of hydrogen-bond donors (Lipinski definition) is 2. The van der Waals surface area contributed by atoms with Gasteiger partial charge in [0.2, 0.25) is 0 Å². The van der Waals surface area contributed by atoms with Gasteiger partial charge in [-0.15, -0.1) is 6.58 Å². The average molecular weight is 440 g/mol. The molecule has 2 aromatic heterocycles. The van der Waals surface area contributed by atoms with Crippen molar-refractivity contribution in [2.45, 2.75) is 24.1 Å². The molecule has 0 aliphatic rings. The van der Waals surface area contributed by atoms with Crippen LogP contribution in [-0.2, 0) is 6.54 Å². The number of allylic oxidation sites excluding steroid dienone is 1. The van der Waals surface area contributed by atoms with Gasteiger partial charge < -0.3 is 0 Å². The number of aromatic amines is 1. The molecule has 0 saturated heterocycles.